The minimum absolute atomic E-state index is 0.0930. The monoisotopic (exact) mass is 266 g/mol. The third kappa shape index (κ3) is 3.07. The van der Waals surface area contributed by atoms with Crippen LogP contribution in [0.15, 0.2) is 10.9 Å². The van der Waals surface area contributed by atoms with Crippen LogP contribution in [0.5, 0.6) is 0 Å². The number of thiocarbonyl (C=S) groups is 1. The minimum Gasteiger partial charge on any atom is -0.393 e. The Bertz CT molecular complexity index is 509. The highest BCUT2D eigenvalue weighted by atomic mass is 32.1. The average Bonchev–Trinajstić information content (AvgIpc) is 3.11. The van der Waals surface area contributed by atoms with Crippen molar-refractivity contribution in [3.8, 4) is 0 Å². The number of H-pyrrole nitrogens is 1. The van der Waals surface area contributed by atoms with Crippen LogP contribution in [0.1, 0.15) is 31.5 Å². The van der Waals surface area contributed by atoms with E-state index in [0.717, 1.165) is 18.7 Å². The van der Waals surface area contributed by atoms with E-state index in [9.17, 15) is 4.79 Å². The van der Waals surface area contributed by atoms with E-state index >= 15 is 0 Å². The van der Waals surface area contributed by atoms with Gasteiger partial charge in [-0.25, -0.2) is 4.98 Å². The number of nitrogens with zero attached hydrogens (tertiary/aromatic N) is 2. The molecule has 6 heteroatoms. The molecule has 1 fully saturated rings. The molecule has 3 N–H and O–H groups in total. The normalized spacial score (nSPS) is 16.3. The molecule has 1 unspecified atom stereocenters. The van der Waals surface area contributed by atoms with Crippen LogP contribution in [0.2, 0.25) is 0 Å². The molecule has 0 bridgehead atoms. The maximum atomic E-state index is 11.6. The molecule has 0 radical (unpaired) electrons. The molecule has 98 valence electrons. The molecule has 1 aromatic heterocycles. The number of aromatic amines is 1. The Morgan fingerprint density at radius 3 is 2.94 bits per heavy atom. The SMILES string of the molecule is CC(CN(C)c1cc(=O)[nH]c(C2CC2)n1)C(N)=S. The van der Waals surface area contributed by atoms with Gasteiger partial charge in [-0.05, 0) is 12.8 Å². The summed E-state index contributed by atoms with van der Waals surface area (Å²) in [7, 11) is 1.90. The van der Waals surface area contributed by atoms with Crippen molar-refractivity contribution in [2.24, 2.45) is 11.7 Å². The Labute approximate surface area is 111 Å². The first kappa shape index (κ1) is 13.0. The topological polar surface area (TPSA) is 75.0 Å². The van der Waals surface area contributed by atoms with Crippen molar-refractivity contribution in [2.45, 2.75) is 25.7 Å². The molecule has 0 amide bonds. The van der Waals surface area contributed by atoms with Crippen molar-refractivity contribution in [2.75, 3.05) is 18.5 Å². The van der Waals surface area contributed by atoms with Gasteiger partial charge in [0.25, 0.3) is 5.56 Å². The van der Waals surface area contributed by atoms with Crippen LogP contribution >= 0.6 is 12.2 Å². The van der Waals surface area contributed by atoms with E-state index in [-0.39, 0.29) is 11.5 Å². The number of aromatic nitrogens is 2. The van der Waals surface area contributed by atoms with Crippen LogP contribution < -0.4 is 16.2 Å². The van der Waals surface area contributed by atoms with E-state index in [1.165, 1.54) is 6.07 Å². The van der Waals surface area contributed by atoms with E-state index in [2.05, 4.69) is 9.97 Å². The summed E-state index contributed by atoms with van der Waals surface area (Å²) in [5.74, 6) is 2.01. The van der Waals surface area contributed by atoms with Crippen LogP contribution in [-0.4, -0.2) is 28.5 Å². The first-order valence-electron chi connectivity index (χ1n) is 6.09. The molecule has 2 rings (SSSR count). The first-order chi connectivity index (χ1) is 8.47. The molecule has 1 aromatic rings. The number of nitrogens with one attached hydrogen (secondary N) is 1. The third-order valence-electron chi connectivity index (χ3n) is 3.14. The highest BCUT2D eigenvalue weighted by molar-refractivity contribution is 7.80. The average molecular weight is 266 g/mol. The molecule has 0 aromatic carbocycles. The minimum atomic E-state index is -0.100. The van der Waals surface area contributed by atoms with Crippen LogP contribution in [-0.2, 0) is 0 Å². The summed E-state index contributed by atoms with van der Waals surface area (Å²) >= 11 is 4.95. The molecular weight excluding hydrogens is 248 g/mol. The van der Waals surface area contributed by atoms with E-state index in [0.29, 0.717) is 23.3 Å². The third-order valence-corrected chi connectivity index (χ3v) is 3.54. The number of anilines is 1. The summed E-state index contributed by atoms with van der Waals surface area (Å²) in [6, 6.07) is 1.51. The van der Waals surface area contributed by atoms with Crippen molar-refractivity contribution in [1.29, 1.82) is 0 Å². The van der Waals surface area contributed by atoms with E-state index < -0.39 is 0 Å². The molecule has 0 aliphatic heterocycles. The van der Waals surface area contributed by atoms with Gasteiger partial charge in [-0.1, -0.05) is 19.1 Å². The van der Waals surface area contributed by atoms with Gasteiger partial charge in [-0.2, -0.15) is 0 Å². The zero-order valence-corrected chi connectivity index (χ0v) is 11.5. The zero-order chi connectivity index (χ0) is 13.3. The fourth-order valence-electron chi connectivity index (χ4n) is 1.80. The van der Waals surface area contributed by atoms with Crippen LogP contribution in [0.25, 0.3) is 0 Å². The largest absolute Gasteiger partial charge is 0.393 e. The van der Waals surface area contributed by atoms with E-state index in [4.69, 9.17) is 18.0 Å². The fourth-order valence-corrected chi connectivity index (χ4v) is 1.88. The van der Waals surface area contributed by atoms with Crippen molar-refractivity contribution in [3.63, 3.8) is 0 Å². The lowest BCUT2D eigenvalue weighted by atomic mass is 10.2. The van der Waals surface area contributed by atoms with Gasteiger partial charge in [0.05, 0.1) is 4.99 Å². The molecule has 0 spiro atoms. The second-order valence-corrected chi connectivity index (χ2v) is 5.42. The van der Waals surface area contributed by atoms with Crippen LogP contribution in [0.4, 0.5) is 5.82 Å². The van der Waals surface area contributed by atoms with Gasteiger partial charge < -0.3 is 15.6 Å². The van der Waals surface area contributed by atoms with Gasteiger partial charge >= 0.3 is 0 Å². The van der Waals surface area contributed by atoms with Crippen LogP contribution in [0, 0.1) is 5.92 Å². The predicted octanol–water partition coefficient (Wildman–Crippen LogP) is 1.01. The molecule has 5 nitrogen and oxygen atoms in total. The summed E-state index contributed by atoms with van der Waals surface area (Å²) in [4.78, 5) is 21.3. The molecule has 1 aliphatic rings. The lowest BCUT2D eigenvalue weighted by Gasteiger charge is -2.22. The molecule has 1 heterocycles. The van der Waals surface area contributed by atoms with Gasteiger partial charge in [-0.3, -0.25) is 4.79 Å². The summed E-state index contributed by atoms with van der Waals surface area (Å²) < 4.78 is 0. The summed E-state index contributed by atoms with van der Waals surface area (Å²) in [5.41, 5.74) is 5.50. The maximum Gasteiger partial charge on any atom is 0.252 e. The zero-order valence-electron chi connectivity index (χ0n) is 10.6. The number of hydrogen-bond acceptors (Lipinski definition) is 4. The second kappa shape index (κ2) is 5.06. The van der Waals surface area contributed by atoms with Crippen molar-refractivity contribution >= 4 is 23.0 Å². The molecule has 1 aliphatic carbocycles. The molecular formula is C12H18N4OS. The highest BCUT2D eigenvalue weighted by Gasteiger charge is 2.26. The van der Waals surface area contributed by atoms with Gasteiger partial charge in [0.1, 0.15) is 11.6 Å². The van der Waals surface area contributed by atoms with E-state index in [1.54, 1.807) is 0 Å². The maximum absolute atomic E-state index is 11.6. The number of hydrogen-bond donors (Lipinski definition) is 2. The quantitative estimate of drug-likeness (QED) is 0.778. The summed E-state index contributed by atoms with van der Waals surface area (Å²) in [5, 5.41) is 0. The smallest absolute Gasteiger partial charge is 0.252 e. The Morgan fingerprint density at radius 2 is 2.39 bits per heavy atom. The first-order valence-corrected chi connectivity index (χ1v) is 6.50. The standard InChI is InChI=1S/C12H18N4OS/c1-7(11(13)18)6-16(2)9-5-10(17)15-12(14-9)8-3-4-8/h5,7-8H,3-4,6H2,1-2H3,(H2,13,18)(H,14,15,17). The Balaban J connectivity index is 2.16. The number of rotatable bonds is 5. The lowest BCUT2D eigenvalue weighted by molar-refractivity contribution is 0.728. The molecule has 0 saturated heterocycles. The van der Waals surface area contributed by atoms with Gasteiger partial charge in [0, 0.05) is 31.5 Å². The highest BCUT2D eigenvalue weighted by Crippen LogP contribution is 2.37. The van der Waals surface area contributed by atoms with Crippen molar-refractivity contribution in [3.05, 3.63) is 22.2 Å². The van der Waals surface area contributed by atoms with Gasteiger partial charge in [0.15, 0.2) is 0 Å². The Morgan fingerprint density at radius 1 is 1.72 bits per heavy atom. The fraction of sp³-hybridized carbons (Fsp3) is 0.583. The van der Waals surface area contributed by atoms with Gasteiger partial charge in [-0.15, -0.1) is 0 Å². The van der Waals surface area contributed by atoms with Crippen molar-refractivity contribution < 1.29 is 0 Å². The predicted molar refractivity (Wildman–Crippen MR) is 76.1 cm³/mol. The summed E-state index contributed by atoms with van der Waals surface area (Å²) in [6.07, 6.45) is 2.22. The van der Waals surface area contributed by atoms with E-state index in [1.807, 2.05) is 18.9 Å². The molecule has 1 saturated carbocycles. The second-order valence-electron chi connectivity index (χ2n) is 4.95. The molecule has 18 heavy (non-hydrogen) atoms. The Hall–Kier alpha value is -1.43. The van der Waals surface area contributed by atoms with Crippen molar-refractivity contribution in [1.82, 2.24) is 9.97 Å². The van der Waals surface area contributed by atoms with Gasteiger partial charge in [0.2, 0.25) is 0 Å². The molecule has 1 atom stereocenters. The van der Waals surface area contributed by atoms with Crippen LogP contribution in [0.3, 0.4) is 0 Å². The lowest BCUT2D eigenvalue weighted by Crippen LogP contribution is -2.32. The number of nitrogens with two attached hydrogens (primary N) is 1. The summed E-state index contributed by atoms with van der Waals surface area (Å²) in [6.45, 7) is 2.63. The Kier molecular flexibility index (Phi) is 3.65.